The van der Waals surface area contributed by atoms with E-state index in [0.717, 1.165) is 17.7 Å². The summed E-state index contributed by atoms with van der Waals surface area (Å²) in [5.74, 6) is -3.59. The molecule has 0 amide bonds. The monoisotopic (exact) mass is 296 g/mol. The van der Waals surface area contributed by atoms with Crippen molar-refractivity contribution in [2.45, 2.75) is 19.4 Å². The van der Waals surface area contributed by atoms with E-state index in [1.54, 1.807) is 6.07 Å². The van der Waals surface area contributed by atoms with E-state index >= 15 is 0 Å². The summed E-state index contributed by atoms with van der Waals surface area (Å²) in [6, 6.07) is 9.15. The lowest BCUT2D eigenvalue weighted by Crippen LogP contribution is -2.09. The highest BCUT2D eigenvalue weighted by Gasteiger charge is 2.19. The lowest BCUT2D eigenvalue weighted by molar-refractivity contribution is 0.136. The third-order valence-electron chi connectivity index (χ3n) is 3.07. The highest BCUT2D eigenvalue weighted by atomic mass is 19.2. The molecule has 0 fully saturated rings. The predicted octanol–water partition coefficient (Wildman–Crippen LogP) is 3.91. The molecular formula is C16H15F3O2. The molecule has 0 saturated heterocycles. The van der Waals surface area contributed by atoms with Crippen LogP contribution in [0.3, 0.4) is 0 Å². The van der Waals surface area contributed by atoms with Crippen LogP contribution in [0, 0.1) is 24.4 Å². The van der Waals surface area contributed by atoms with Crippen LogP contribution in [0.1, 0.15) is 23.7 Å². The summed E-state index contributed by atoms with van der Waals surface area (Å²) in [5.41, 5.74) is 0.751. The van der Waals surface area contributed by atoms with E-state index in [1.165, 1.54) is 0 Å². The van der Waals surface area contributed by atoms with Gasteiger partial charge in [0.25, 0.3) is 0 Å². The van der Waals surface area contributed by atoms with Gasteiger partial charge >= 0.3 is 0 Å². The summed E-state index contributed by atoms with van der Waals surface area (Å²) in [7, 11) is 0. The van der Waals surface area contributed by atoms with E-state index in [0.29, 0.717) is 5.75 Å². The van der Waals surface area contributed by atoms with Crippen LogP contribution in [0.2, 0.25) is 0 Å². The molecule has 0 bridgehead atoms. The summed E-state index contributed by atoms with van der Waals surface area (Å²) < 4.78 is 44.8. The van der Waals surface area contributed by atoms with Gasteiger partial charge < -0.3 is 9.84 Å². The molecule has 21 heavy (non-hydrogen) atoms. The van der Waals surface area contributed by atoms with Gasteiger partial charge in [0, 0.05) is 12.0 Å². The lowest BCUT2D eigenvalue weighted by atomic mass is 10.1. The Hall–Kier alpha value is -2.01. The fraction of sp³-hybridized carbons (Fsp3) is 0.250. The number of aliphatic hydroxyl groups excluding tert-OH is 1. The Morgan fingerprint density at radius 2 is 1.86 bits per heavy atom. The molecule has 2 nitrogen and oxygen atoms in total. The van der Waals surface area contributed by atoms with Gasteiger partial charge in [-0.3, -0.25) is 0 Å². The average Bonchev–Trinajstić information content (AvgIpc) is 2.45. The maximum absolute atomic E-state index is 13.5. The summed E-state index contributed by atoms with van der Waals surface area (Å²) in [5, 5.41) is 9.84. The molecule has 112 valence electrons. The standard InChI is InChI=1S/C16H15F3O2/c1-10-3-2-4-11(9-10)21-8-7-14(20)12-5-6-13(17)16(19)15(12)18/h2-6,9,14,20H,7-8H2,1H3. The molecule has 0 aliphatic heterocycles. The number of hydrogen-bond donors (Lipinski definition) is 1. The van der Waals surface area contributed by atoms with E-state index < -0.39 is 23.6 Å². The second kappa shape index (κ2) is 6.63. The number of halogens is 3. The van der Waals surface area contributed by atoms with E-state index in [-0.39, 0.29) is 18.6 Å². The quantitative estimate of drug-likeness (QED) is 0.848. The van der Waals surface area contributed by atoms with Crippen LogP contribution in [-0.2, 0) is 0 Å². The molecule has 2 rings (SSSR count). The minimum absolute atomic E-state index is 0.0654. The molecule has 0 heterocycles. The zero-order chi connectivity index (χ0) is 15.4. The summed E-state index contributed by atoms with van der Waals surface area (Å²) in [6.45, 7) is 2.04. The van der Waals surface area contributed by atoms with Gasteiger partial charge in [0.05, 0.1) is 12.7 Å². The van der Waals surface area contributed by atoms with Crippen molar-refractivity contribution in [1.29, 1.82) is 0 Å². The molecule has 0 spiro atoms. The van der Waals surface area contributed by atoms with Crippen LogP contribution in [0.4, 0.5) is 13.2 Å². The van der Waals surface area contributed by atoms with Crippen molar-refractivity contribution in [2.24, 2.45) is 0 Å². The normalized spacial score (nSPS) is 12.2. The highest BCUT2D eigenvalue weighted by Crippen LogP contribution is 2.24. The van der Waals surface area contributed by atoms with Crippen LogP contribution < -0.4 is 4.74 Å². The Morgan fingerprint density at radius 3 is 2.57 bits per heavy atom. The number of rotatable bonds is 5. The van der Waals surface area contributed by atoms with Crippen molar-refractivity contribution in [2.75, 3.05) is 6.61 Å². The Morgan fingerprint density at radius 1 is 1.10 bits per heavy atom. The van der Waals surface area contributed by atoms with Crippen molar-refractivity contribution in [3.63, 3.8) is 0 Å². The van der Waals surface area contributed by atoms with Crippen molar-refractivity contribution >= 4 is 0 Å². The zero-order valence-corrected chi connectivity index (χ0v) is 11.4. The van der Waals surface area contributed by atoms with Crippen LogP contribution in [-0.4, -0.2) is 11.7 Å². The summed E-state index contributed by atoms with van der Waals surface area (Å²) in [4.78, 5) is 0. The van der Waals surface area contributed by atoms with Crippen LogP contribution in [0.5, 0.6) is 5.75 Å². The molecule has 0 aliphatic rings. The molecule has 0 aromatic heterocycles. The third-order valence-corrected chi connectivity index (χ3v) is 3.07. The number of hydrogen-bond acceptors (Lipinski definition) is 2. The fourth-order valence-electron chi connectivity index (χ4n) is 1.95. The van der Waals surface area contributed by atoms with Gasteiger partial charge in [-0.15, -0.1) is 0 Å². The maximum Gasteiger partial charge on any atom is 0.194 e. The smallest absolute Gasteiger partial charge is 0.194 e. The van der Waals surface area contributed by atoms with E-state index in [2.05, 4.69) is 0 Å². The maximum atomic E-state index is 13.5. The minimum atomic E-state index is -1.58. The van der Waals surface area contributed by atoms with Crippen LogP contribution in [0.15, 0.2) is 36.4 Å². The molecule has 2 aromatic carbocycles. The number of ether oxygens (including phenoxy) is 1. The molecule has 1 unspecified atom stereocenters. The topological polar surface area (TPSA) is 29.5 Å². The largest absolute Gasteiger partial charge is 0.493 e. The van der Waals surface area contributed by atoms with Gasteiger partial charge in [0.2, 0.25) is 0 Å². The molecule has 0 aliphatic carbocycles. The van der Waals surface area contributed by atoms with Gasteiger partial charge in [-0.1, -0.05) is 18.2 Å². The second-order valence-electron chi connectivity index (χ2n) is 4.73. The molecule has 1 N–H and O–H groups in total. The number of benzene rings is 2. The Kier molecular flexibility index (Phi) is 4.85. The van der Waals surface area contributed by atoms with Crippen LogP contribution in [0.25, 0.3) is 0 Å². The lowest BCUT2D eigenvalue weighted by Gasteiger charge is -2.13. The van der Waals surface area contributed by atoms with Crippen molar-refractivity contribution < 1.29 is 23.0 Å². The first kappa shape index (κ1) is 15.4. The predicted molar refractivity (Wildman–Crippen MR) is 72.6 cm³/mol. The minimum Gasteiger partial charge on any atom is -0.493 e. The summed E-state index contributed by atoms with van der Waals surface area (Å²) in [6.07, 6.45) is -1.19. The Bertz CT molecular complexity index is 629. The third kappa shape index (κ3) is 3.76. The van der Waals surface area contributed by atoms with Crippen molar-refractivity contribution in [3.8, 4) is 5.75 Å². The van der Waals surface area contributed by atoms with Gasteiger partial charge in [-0.25, -0.2) is 13.2 Å². The average molecular weight is 296 g/mol. The fourth-order valence-corrected chi connectivity index (χ4v) is 1.95. The van der Waals surface area contributed by atoms with E-state index in [9.17, 15) is 18.3 Å². The first-order chi connectivity index (χ1) is 9.99. The first-order valence-electron chi connectivity index (χ1n) is 6.50. The number of aryl methyl sites for hydroxylation is 1. The van der Waals surface area contributed by atoms with Crippen LogP contribution >= 0.6 is 0 Å². The van der Waals surface area contributed by atoms with Gasteiger partial charge in [-0.2, -0.15) is 0 Å². The van der Waals surface area contributed by atoms with Crippen molar-refractivity contribution in [1.82, 2.24) is 0 Å². The first-order valence-corrected chi connectivity index (χ1v) is 6.50. The Balaban J connectivity index is 1.96. The second-order valence-corrected chi connectivity index (χ2v) is 4.73. The van der Waals surface area contributed by atoms with E-state index in [4.69, 9.17) is 4.74 Å². The molecule has 0 radical (unpaired) electrons. The van der Waals surface area contributed by atoms with Gasteiger partial charge in [0.15, 0.2) is 17.5 Å². The van der Waals surface area contributed by atoms with Gasteiger partial charge in [-0.05, 0) is 30.7 Å². The SMILES string of the molecule is Cc1cccc(OCCC(O)c2ccc(F)c(F)c2F)c1. The molecule has 5 heteroatoms. The zero-order valence-electron chi connectivity index (χ0n) is 11.4. The molecular weight excluding hydrogens is 281 g/mol. The molecule has 0 saturated carbocycles. The Labute approximate surface area is 120 Å². The van der Waals surface area contributed by atoms with E-state index in [1.807, 2.05) is 25.1 Å². The van der Waals surface area contributed by atoms with Crippen molar-refractivity contribution in [3.05, 3.63) is 65.0 Å². The molecule has 1 atom stereocenters. The molecule has 2 aromatic rings. The number of aliphatic hydroxyl groups is 1. The van der Waals surface area contributed by atoms with Gasteiger partial charge in [0.1, 0.15) is 5.75 Å². The highest BCUT2D eigenvalue weighted by molar-refractivity contribution is 5.27. The summed E-state index contributed by atoms with van der Waals surface area (Å²) >= 11 is 0.